The molecule has 0 radical (unpaired) electrons. The molecule has 0 atom stereocenters. The van der Waals surface area contributed by atoms with Crippen LogP contribution in [0.15, 0.2) is 23.1 Å². The molecule has 110 valence electrons. The topological polar surface area (TPSA) is 101 Å². The fourth-order valence-electron chi connectivity index (χ4n) is 2.13. The summed E-state index contributed by atoms with van der Waals surface area (Å²) < 4.78 is 25.8. The maximum absolute atomic E-state index is 12.3. The van der Waals surface area contributed by atoms with E-state index in [-0.39, 0.29) is 4.90 Å². The number of sulfonamides is 1. The highest BCUT2D eigenvalue weighted by Gasteiger charge is 2.28. The Morgan fingerprint density at radius 3 is 2.60 bits per heavy atom. The van der Waals surface area contributed by atoms with Crippen LogP contribution in [0.3, 0.4) is 0 Å². The van der Waals surface area contributed by atoms with Crippen LogP contribution in [-0.2, 0) is 10.0 Å². The lowest BCUT2D eigenvalue weighted by Crippen LogP contribution is -2.34. The second kappa shape index (κ2) is 5.37. The van der Waals surface area contributed by atoms with Crippen molar-refractivity contribution in [2.45, 2.75) is 24.2 Å². The summed E-state index contributed by atoms with van der Waals surface area (Å²) in [5.74, 6) is -0.183. The summed E-state index contributed by atoms with van der Waals surface area (Å²) in [6.07, 6.45) is 3.13. The Bertz CT molecular complexity index is 625. The number of hydrogen-bond donors (Lipinski definition) is 1. The second-order valence-electron chi connectivity index (χ2n) is 4.99. The molecule has 1 saturated carbocycles. The monoisotopic (exact) mass is 300 g/mol. The van der Waals surface area contributed by atoms with Gasteiger partial charge in [0, 0.05) is 19.7 Å². The first kappa shape index (κ1) is 14.7. The molecular weight excluding hydrogens is 284 g/mol. The molecule has 0 amide bonds. The standard InChI is InChI=1S/C12H16N2O5S/c1-13(8-9-3-2-4-9)20(18,19)10-5-6-12(15)11(7-10)14(16)17/h5-7,9,15H,2-4,8H2,1H3. The fourth-order valence-corrected chi connectivity index (χ4v) is 3.39. The van der Waals surface area contributed by atoms with Crippen LogP contribution in [0.5, 0.6) is 5.75 Å². The number of nitro benzene ring substituents is 1. The predicted molar refractivity (Wildman–Crippen MR) is 71.9 cm³/mol. The molecule has 0 unspecified atom stereocenters. The van der Waals surface area contributed by atoms with Gasteiger partial charge in [-0.15, -0.1) is 0 Å². The minimum Gasteiger partial charge on any atom is -0.502 e. The number of phenolic OH excluding ortho intramolecular Hbond substituents is 1. The number of hydrogen-bond acceptors (Lipinski definition) is 5. The number of nitro groups is 1. The summed E-state index contributed by atoms with van der Waals surface area (Å²) in [6.45, 7) is 0.414. The van der Waals surface area contributed by atoms with Crippen molar-refractivity contribution in [3.05, 3.63) is 28.3 Å². The van der Waals surface area contributed by atoms with Crippen molar-refractivity contribution in [2.75, 3.05) is 13.6 Å². The van der Waals surface area contributed by atoms with Crippen LogP contribution in [0, 0.1) is 16.0 Å². The third-order valence-electron chi connectivity index (χ3n) is 3.59. The van der Waals surface area contributed by atoms with Crippen LogP contribution >= 0.6 is 0 Å². The largest absolute Gasteiger partial charge is 0.502 e. The molecule has 20 heavy (non-hydrogen) atoms. The lowest BCUT2D eigenvalue weighted by molar-refractivity contribution is -0.386. The van der Waals surface area contributed by atoms with Gasteiger partial charge in [-0.1, -0.05) is 6.42 Å². The summed E-state index contributed by atoms with van der Waals surface area (Å²) in [7, 11) is -2.30. The Kier molecular flexibility index (Phi) is 3.96. The first-order valence-electron chi connectivity index (χ1n) is 6.26. The first-order chi connectivity index (χ1) is 9.32. The lowest BCUT2D eigenvalue weighted by atomic mass is 9.86. The zero-order valence-corrected chi connectivity index (χ0v) is 11.8. The van der Waals surface area contributed by atoms with Crippen LogP contribution < -0.4 is 0 Å². The maximum Gasteiger partial charge on any atom is 0.312 e. The molecular formula is C12H16N2O5S. The molecule has 8 heteroatoms. The number of phenols is 1. The van der Waals surface area contributed by atoms with E-state index in [1.807, 2.05) is 0 Å². The molecule has 1 N–H and O–H groups in total. The number of nitrogens with zero attached hydrogens (tertiary/aromatic N) is 2. The predicted octanol–water partition coefficient (Wildman–Crippen LogP) is 1.72. The van der Waals surface area contributed by atoms with Crippen molar-refractivity contribution in [3.8, 4) is 5.75 Å². The van der Waals surface area contributed by atoms with E-state index in [0.29, 0.717) is 12.5 Å². The summed E-state index contributed by atoms with van der Waals surface area (Å²) in [5, 5.41) is 20.1. The van der Waals surface area contributed by atoms with E-state index < -0.39 is 26.4 Å². The molecule has 1 aliphatic rings. The minimum absolute atomic E-state index is 0.177. The van der Waals surface area contributed by atoms with Gasteiger partial charge in [-0.05, 0) is 30.9 Å². The molecule has 1 fully saturated rings. The van der Waals surface area contributed by atoms with Gasteiger partial charge in [-0.2, -0.15) is 0 Å². The first-order valence-corrected chi connectivity index (χ1v) is 7.70. The Morgan fingerprint density at radius 1 is 1.45 bits per heavy atom. The highest BCUT2D eigenvalue weighted by atomic mass is 32.2. The van der Waals surface area contributed by atoms with E-state index in [9.17, 15) is 23.6 Å². The number of rotatable bonds is 5. The summed E-state index contributed by atoms with van der Waals surface area (Å²) in [4.78, 5) is 9.76. The number of benzene rings is 1. The molecule has 0 aliphatic heterocycles. The molecule has 0 bridgehead atoms. The van der Waals surface area contributed by atoms with Crippen LogP contribution in [0.4, 0.5) is 5.69 Å². The van der Waals surface area contributed by atoms with Crippen molar-refractivity contribution in [1.29, 1.82) is 0 Å². The average molecular weight is 300 g/mol. The highest BCUT2D eigenvalue weighted by molar-refractivity contribution is 7.89. The quantitative estimate of drug-likeness (QED) is 0.659. The van der Waals surface area contributed by atoms with Gasteiger partial charge >= 0.3 is 5.69 Å². The van der Waals surface area contributed by atoms with E-state index in [1.54, 1.807) is 0 Å². The zero-order valence-electron chi connectivity index (χ0n) is 11.0. The van der Waals surface area contributed by atoms with Crippen LogP contribution in [0.1, 0.15) is 19.3 Å². The maximum atomic E-state index is 12.3. The van der Waals surface area contributed by atoms with Gasteiger partial charge in [0.2, 0.25) is 10.0 Å². The van der Waals surface area contributed by atoms with Gasteiger partial charge in [0.1, 0.15) is 0 Å². The molecule has 0 saturated heterocycles. The van der Waals surface area contributed by atoms with Gasteiger partial charge in [-0.25, -0.2) is 12.7 Å². The van der Waals surface area contributed by atoms with Crippen molar-refractivity contribution in [1.82, 2.24) is 4.31 Å². The average Bonchev–Trinajstić information content (AvgIpc) is 2.33. The molecule has 2 rings (SSSR count). The van der Waals surface area contributed by atoms with Gasteiger partial charge in [-0.3, -0.25) is 10.1 Å². The smallest absolute Gasteiger partial charge is 0.312 e. The minimum atomic E-state index is -3.77. The molecule has 1 aromatic carbocycles. The van der Waals surface area contributed by atoms with Gasteiger partial charge in [0.05, 0.1) is 9.82 Å². The third kappa shape index (κ3) is 2.75. The normalized spacial score (nSPS) is 16.1. The van der Waals surface area contributed by atoms with Crippen LogP contribution in [0.25, 0.3) is 0 Å². The van der Waals surface area contributed by atoms with Crippen molar-refractivity contribution in [3.63, 3.8) is 0 Å². The number of aromatic hydroxyl groups is 1. The Hall–Kier alpha value is -1.67. The molecule has 0 heterocycles. The van der Waals surface area contributed by atoms with Crippen LogP contribution in [0.2, 0.25) is 0 Å². The summed E-state index contributed by atoms with van der Waals surface area (Å²) >= 11 is 0. The van der Waals surface area contributed by atoms with E-state index in [2.05, 4.69) is 0 Å². The molecule has 1 aliphatic carbocycles. The van der Waals surface area contributed by atoms with E-state index >= 15 is 0 Å². The summed E-state index contributed by atoms with van der Waals surface area (Å²) in [5.41, 5.74) is -0.608. The van der Waals surface area contributed by atoms with E-state index in [0.717, 1.165) is 31.4 Å². The molecule has 0 aromatic heterocycles. The Morgan fingerprint density at radius 2 is 2.10 bits per heavy atom. The lowest BCUT2D eigenvalue weighted by Gasteiger charge is -2.29. The van der Waals surface area contributed by atoms with Crippen molar-refractivity contribution in [2.24, 2.45) is 5.92 Å². The van der Waals surface area contributed by atoms with E-state index in [1.165, 1.54) is 17.4 Å². The zero-order chi connectivity index (χ0) is 14.9. The second-order valence-corrected chi connectivity index (χ2v) is 7.03. The third-order valence-corrected chi connectivity index (χ3v) is 5.41. The Labute approximate surface area is 117 Å². The molecule has 0 spiro atoms. The Balaban J connectivity index is 2.28. The summed E-state index contributed by atoms with van der Waals surface area (Å²) in [6, 6.07) is 3.10. The molecule has 1 aromatic rings. The van der Waals surface area contributed by atoms with Gasteiger partial charge in [0.25, 0.3) is 0 Å². The van der Waals surface area contributed by atoms with Crippen LogP contribution in [-0.4, -0.2) is 36.3 Å². The van der Waals surface area contributed by atoms with Gasteiger partial charge in [0.15, 0.2) is 5.75 Å². The van der Waals surface area contributed by atoms with Gasteiger partial charge < -0.3 is 5.11 Å². The molecule has 7 nitrogen and oxygen atoms in total. The van der Waals surface area contributed by atoms with E-state index in [4.69, 9.17) is 0 Å². The fraction of sp³-hybridized carbons (Fsp3) is 0.500. The highest BCUT2D eigenvalue weighted by Crippen LogP contribution is 2.31. The van der Waals surface area contributed by atoms with Crippen molar-refractivity contribution >= 4 is 15.7 Å². The van der Waals surface area contributed by atoms with Crippen molar-refractivity contribution < 1.29 is 18.4 Å². The SMILES string of the molecule is CN(CC1CCC1)S(=O)(=O)c1ccc(O)c([N+](=O)[O-])c1.